The normalized spacial score (nSPS) is 15.6. The number of thiazole rings is 1. The molecule has 4 rings (SSSR count). The number of nitrogens with one attached hydrogen (secondary N) is 2. The van der Waals surface area contributed by atoms with E-state index in [1.54, 1.807) is 24.4 Å². The molecule has 0 radical (unpaired) electrons. The minimum absolute atomic E-state index is 0.110. The number of hydrogen-bond acceptors (Lipinski definition) is 4. The van der Waals surface area contributed by atoms with Gasteiger partial charge in [0.1, 0.15) is 0 Å². The monoisotopic (exact) mass is 431 g/mol. The van der Waals surface area contributed by atoms with E-state index in [0.717, 1.165) is 16.0 Å². The van der Waals surface area contributed by atoms with Gasteiger partial charge in [0.15, 0.2) is 5.13 Å². The number of nitrogens with zero attached hydrogens (tertiary/aromatic N) is 1. The number of fused-ring (bicyclic) bond motifs is 1. The summed E-state index contributed by atoms with van der Waals surface area (Å²) in [7, 11) is 0. The molecule has 1 unspecified atom stereocenters. The Morgan fingerprint density at radius 1 is 1.25 bits per heavy atom. The van der Waals surface area contributed by atoms with E-state index >= 15 is 0 Å². The van der Waals surface area contributed by atoms with Crippen molar-refractivity contribution in [3.8, 4) is 0 Å². The molecule has 0 spiro atoms. The van der Waals surface area contributed by atoms with Crippen LogP contribution in [0.3, 0.4) is 0 Å². The Morgan fingerprint density at radius 2 is 2.07 bits per heavy atom. The number of para-hydroxylation sites is 1. The van der Waals surface area contributed by atoms with Crippen LogP contribution in [-0.4, -0.2) is 16.8 Å². The number of carbonyl (C=O) groups is 2. The van der Waals surface area contributed by atoms with Crippen LogP contribution in [0.25, 0.3) is 0 Å². The van der Waals surface area contributed by atoms with Crippen molar-refractivity contribution in [1.29, 1.82) is 0 Å². The third-order valence-electron chi connectivity index (χ3n) is 4.47. The number of anilines is 2. The van der Waals surface area contributed by atoms with E-state index in [-0.39, 0.29) is 18.2 Å². The molecular formula is C20H15Cl2N3O2S. The summed E-state index contributed by atoms with van der Waals surface area (Å²) in [4.78, 5) is 29.9. The van der Waals surface area contributed by atoms with Gasteiger partial charge in [-0.2, -0.15) is 0 Å². The Hall–Kier alpha value is -2.41. The Bertz CT molecular complexity index is 1070. The third-order valence-corrected chi connectivity index (χ3v) is 5.99. The number of amides is 2. The van der Waals surface area contributed by atoms with E-state index in [2.05, 4.69) is 15.6 Å². The molecule has 0 bridgehead atoms. The molecule has 0 fully saturated rings. The number of benzene rings is 2. The van der Waals surface area contributed by atoms with Crippen molar-refractivity contribution in [2.24, 2.45) is 0 Å². The molecule has 2 N–H and O–H groups in total. The number of aromatic nitrogens is 1. The molecule has 1 aliphatic heterocycles. The van der Waals surface area contributed by atoms with Crippen molar-refractivity contribution in [1.82, 2.24) is 4.98 Å². The first-order chi connectivity index (χ1) is 13.5. The molecule has 1 aromatic heterocycles. The molecule has 8 heteroatoms. The Balaban J connectivity index is 1.49. The van der Waals surface area contributed by atoms with Crippen molar-refractivity contribution in [3.63, 3.8) is 0 Å². The van der Waals surface area contributed by atoms with Gasteiger partial charge in [0, 0.05) is 39.6 Å². The van der Waals surface area contributed by atoms with Crippen LogP contribution in [0.5, 0.6) is 0 Å². The van der Waals surface area contributed by atoms with E-state index in [4.69, 9.17) is 23.2 Å². The molecule has 0 saturated carbocycles. The van der Waals surface area contributed by atoms with Gasteiger partial charge in [-0.15, -0.1) is 11.3 Å². The summed E-state index contributed by atoms with van der Waals surface area (Å²) >= 11 is 13.6. The lowest BCUT2D eigenvalue weighted by atomic mass is 9.90. The molecule has 2 aromatic carbocycles. The van der Waals surface area contributed by atoms with Crippen LogP contribution in [-0.2, 0) is 16.0 Å². The fraction of sp³-hybridized carbons (Fsp3) is 0.150. The van der Waals surface area contributed by atoms with Gasteiger partial charge in [-0.1, -0.05) is 41.4 Å². The Kier molecular flexibility index (Phi) is 5.35. The molecule has 1 aliphatic rings. The van der Waals surface area contributed by atoms with Gasteiger partial charge in [-0.25, -0.2) is 4.98 Å². The largest absolute Gasteiger partial charge is 0.326 e. The Labute approximate surface area is 175 Å². The summed E-state index contributed by atoms with van der Waals surface area (Å²) < 4.78 is 0. The van der Waals surface area contributed by atoms with Gasteiger partial charge < -0.3 is 10.6 Å². The molecular weight excluding hydrogens is 417 g/mol. The highest BCUT2D eigenvalue weighted by molar-refractivity contribution is 7.15. The minimum Gasteiger partial charge on any atom is -0.326 e. The second kappa shape index (κ2) is 7.91. The van der Waals surface area contributed by atoms with Crippen molar-refractivity contribution in [2.45, 2.75) is 18.8 Å². The fourth-order valence-electron chi connectivity index (χ4n) is 3.15. The molecule has 0 aliphatic carbocycles. The third kappa shape index (κ3) is 4.04. The topological polar surface area (TPSA) is 71.1 Å². The maximum Gasteiger partial charge on any atom is 0.234 e. The van der Waals surface area contributed by atoms with Crippen LogP contribution in [0.15, 0.2) is 48.7 Å². The first kappa shape index (κ1) is 18.9. The van der Waals surface area contributed by atoms with Crippen LogP contribution < -0.4 is 10.6 Å². The summed E-state index contributed by atoms with van der Waals surface area (Å²) in [5, 5.41) is 7.37. The van der Waals surface area contributed by atoms with E-state index in [9.17, 15) is 9.59 Å². The quantitative estimate of drug-likeness (QED) is 0.602. The van der Waals surface area contributed by atoms with Crippen LogP contribution in [0.2, 0.25) is 10.0 Å². The van der Waals surface area contributed by atoms with Crippen molar-refractivity contribution < 1.29 is 9.59 Å². The smallest absolute Gasteiger partial charge is 0.234 e. The van der Waals surface area contributed by atoms with Crippen LogP contribution in [0.4, 0.5) is 10.8 Å². The second-order valence-electron chi connectivity index (χ2n) is 6.43. The lowest BCUT2D eigenvalue weighted by molar-refractivity contribution is -0.123. The maximum absolute atomic E-state index is 12.8. The Morgan fingerprint density at radius 3 is 2.93 bits per heavy atom. The van der Waals surface area contributed by atoms with E-state index in [1.807, 2.05) is 24.3 Å². The molecule has 28 heavy (non-hydrogen) atoms. The predicted molar refractivity (Wildman–Crippen MR) is 112 cm³/mol. The zero-order valence-corrected chi connectivity index (χ0v) is 16.9. The van der Waals surface area contributed by atoms with Crippen molar-refractivity contribution >= 4 is 57.2 Å². The molecule has 0 saturated heterocycles. The summed E-state index contributed by atoms with van der Waals surface area (Å²) in [6, 6.07) is 12.6. The average Bonchev–Trinajstić information content (AvgIpc) is 3.10. The van der Waals surface area contributed by atoms with Crippen LogP contribution >= 0.6 is 34.5 Å². The molecule has 2 heterocycles. The standard InChI is InChI=1S/C20H15Cl2N3O2S/c21-12-5-6-16(22)11(7-12)8-13-10-23-20(28-13)25-19(27)15-9-18(26)24-17-4-2-1-3-14(15)17/h1-7,10,15H,8-9H2,(H,24,26)(H,23,25,27). The van der Waals surface area contributed by atoms with Gasteiger partial charge in [0.25, 0.3) is 0 Å². The van der Waals surface area contributed by atoms with Crippen LogP contribution in [0, 0.1) is 0 Å². The first-order valence-electron chi connectivity index (χ1n) is 8.58. The highest BCUT2D eigenvalue weighted by atomic mass is 35.5. The van der Waals surface area contributed by atoms with Gasteiger partial charge in [0.2, 0.25) is 11.8 Å². The number of hydrogen-bond donors (Lipinski definition) is 2. The maximum atomic E-state index is 12.8. The predicted octanol–water partition coefficient (Wildman–Crippen LogP) is 5.11. The highest BCUT2D eigenvalue weighted by Crippen LogP contribution is 2.33. The summed E-state index contributed by atoms with van der Waals surface area (Å²) in [5.74, 6) is -0.960. The fourth-order valence-corrected chi connectivity index (χ4v) is 4.37. The summed E-state index contributed by atoms with van der Waals surface area (Å²) in [6.45, 7) is 0. The minimum atomic E-state index is -0.542. The number of rotatable bonds is 4. The highest BCUT2D eigenvalue weighted by Gasteiger charge is 2.30. The lowest BCUT2D eigenvalue weighted by Gasteiger charge is -2.24. The van der Waals surface area contributed by atoms with Crippen molar-refractivity contribution in [2.75, 3.05) is 10.6 Å². The van der Waals surface area contributed by atoms with Gasteiger partial charge in [-0.05, 0) is 35.4 Å². The van der Waals surface area contributed by atoms with Gasteiger partial charge in [-0.3, -0.25) is 9.59 Å². The molecule has 1 atom stereocenters. The van der Waals surface area contributed by atoms with Crippen LogP contribution in [0.1, 0.15) is 28.3 Å². The molecule has 2 amide bonds. The average molecular weight is 432 g/mol. The lowest BCUT2D eigenvalue weighted by Crippen LogP contribution is -2.30. The second-order valence-corrected chi connectivity index (χ2v) is 8.38. The van der Waals surface area contributed by atoms with E-state index in [1.165, 1.54) is 11.3 Å². The van der Waals surface area contributed by atoms with Crippen molar-refractivity contribution in [3.05, 3.63) is 74.7 Å². The summed E-state index contributed by atoms with van der Waals surface area (Å²) in [5.41, 5.74) is 2.38. The zero-order chi connectivity index (χ0) is 19.7. The van der Waals surface area contributed by atoms with E-state index in [0.29, 0.717) is 27.3 Å². The summed E-state index contributed by atoms with van der Waals surface area (Å²) in [6.07, 6.45) is 2.39. The molecule has 5 nitrogen and oxygen atoms in total. The van der Waals surface area contributed by atoms with Gasteiger partial charge in [0.05, 0.1) is 5.92 Å². The molecule has 3 aromatic rings. The van der Waals surface area contributed by atoms with Gasteiger partial charge >= 0.3 is 0 Å². The first-order valence-corrected chi connectivity index (χ1v) is 10.1. The van der Waals surface area contributed by atoms with E-state index < -0.39 is 5.92 Å². The number of halogens is 2. The zero-order valence-electron chi connectivity index (χ0n) is 14.5. The molecule has 142 valence electrons. The number of carbonyl (C=O) groups excluding carboxylic acids is 2. The SMILES string of the molecule is O=C1CC(C(=O)Nc2ncc(Cc3cc(Cl)ccc3Cl)s2)c2ccccc2N1.